The number of hydrogen-bond acceptors (Lipinski definition) is 5. The average molecular weight is 358 g/mol. The number of aryl methyl sites for hydroxylation is 1. The van der Waals surface area contributed by atoms with Crippen LogP contribution in [-0.2, 0) is 6.61 Å². The Hall–Kier alpha value is -2.11. The Morgan fingerprint density at radius 1 is 1.00 bits per heavy atom. The third-order valence-electron chi connectivity index (χ3n) is 3.43. The standard InChI is InChI=1S/C18H16ClN3OS/c1-12-3-7-14(8-4-12)16-17(20-18(24-2)22-21-16)23-11-13-5-9-15(19)10-6-13/h3-10H,11H2,1-2H3. The maximum Gasteiger partial charge on any atom is 0.245 e. The number of hydrogen-bond donors (Lipinski definition) is 0. The average Bonchev–Trinajstić information content (AvgIpc) is 2.62. The monoisotopic (exact) mass is 357 g/mol. The summed E-state index contributed by atoms with van der Waals surface area (Å²) in [5, 5.41) is 9.71. The van der Waals surface area contributed by atoms with Crippen LogP contribution in [0.3, 0.4) is 0 Å². The predicted octanol–water partition coefficient (Wildman–Crippen LogP) is 4.80. The smallest absolute Gasteiger partial charge is 0.245 e. The summed E-state index contributed by atoms with van der Waals surface area (Å²) in [6.45, 7) is 2.44. The van der Waals surface area contributed by atoms with Crippen LogP contribution in [0.1, 0.15) is 11.1 Å². The largest absolute Gasteiger partial charge is 0.471 e. The highest BCUT2D eigenvalue weighted by atomic mass is 35.5. The Morgan fingerprint density at radius 2 is 1.71 bits per heavy atom. The quantitative estimate of drug-likeness (QED) is 0.614. The number of aromatic nitrogens is 3. The molecular weight excluding hydrogens is 342 g/mol. The van der Waals surface area contributed by atoms with Crippen molar-refractivity contribution in [3.05, 3.63) is 64.7 Å². The molecule has 4 nitrogen and oxygen atoms in total. The molecule has 0 atom stereocenters. The summed E-state index contributed by atoms with van der Waals surface area (Å²) >= 11 is 7.34. The van der Waals surface area contributed by atoms with Crippen LogP contribution in [0.25, 0.3) is 11.3 Å². The van der Waals surface area contributed by atoms with Crippen LogP contribution in [0.15, 0.2) is 53.7 Å². The minimum atomic E-state index is 0.391. The summed E-state index contributed by atoms with van der Waals surface area (Å²) in [5.41, 5.74) is 3.77. The first-order chi connectivity index (χ1) is 11.7. The van der Waals surface area contributed by atoms with E-state index in [1.807, 2.05) is 61.7 Å². The van der Waals surface area contributed by atoms with Gasteiger partial charge in [0.2, 0.25) is 11.0 Å². The molecule has 2 aromatic carbocycles. The van der Waals surface area contributed by atoms with Gasteiger partial charge in [0.25, 0.3) is 0 Å². The van der Waals surface area contributed by atoms with Crippen molar-refractivity contribution in [2.75, 3.05) is 6.26 Å². The molecule has 0 aliphatic rings. The summed E-state index contributed by atoms with van der Waals surface area (Å²) in [4.78, 5) is 4.46. The number of benzene rings is 2. The van der Waals surface area contributed by atoms with Crippen LogP contribution < -0.4 is 4.74 Å². The number of halogens is 1. The molecule has 1 aromatic heterocycles. The van der Waals surface area contributed by atoms with E-state index in [4.69, 9.17) is 16.3 Å². The van der Waals surface area contributed by atoms with E-state index in [9.17, 15) is 0 Å². The van der Waals surface area contributed by atoms with Gasteiger partial charge in [0.1, 0.15) is 6.61 Å². The van der Waals surface area contributed by atoms with Crippen LogP contribution in [0, 0.1) is 6.92 Å². The summed E-state index contributed by atoms with van der Waals surface area (Å²) < 4.78 is 5.92. The lowest BCUT2D eigenvalue weighted by atomic mass is 10.1. The van der Waals surface area contributed by atoms with E-state index in [0.29, 0.717) is 28.4 Å². The van der Waals surface area contributed by atoms with Crippen LogP contribution in [0.4, 0.5) is 0 Å². The predicted molar refractivity (Wildman–Crippen MR) is 97.6 cm³/mol. The molecular formula is C18H16ClN3OS. The van der Waals surface area contributed by atoms with Crippen LogP contribution in [-0.4, -0.2) is 21.4 Å². The van der Waals surface area contributed by atoms with E-state index >= 15 is 0 Å². The van der Waals surface area contributed by atoms with Crippen molar-refractivity contribution < 1.29 is 4.74 Å². The first-order valence-corrected chi connectivity index (χ1v) is 8.99. The lowest BCUT2D eigenvalue weighted by molar-refractivity contribution is 0.290. The second-order valence-electron chi connectivity index (χ2n) is 5.23. The fourth-order valence-electron chi connectivity index (χ4n) is 2.11. The van der Waals surface area contributed by atoms with Crippen molar-refractivity contribution in [2.45, 2.75) is 18.7 Å². The highest BCUT2D eigenvalue weighted by Gasteiger charge is 2.13. The first kappa shape index (κ1) is 16.7. The molecule has 0 unspecified atom stereocenters. The Kier molecular flexibility index (Phi) is 5.33. The van der Waals surface area contributed by atoms with Crippen molar-refractivity contribution in [2.24, 2.45) is 0 Å². The molecule has 24 heavy (non-hydrogen) atoms. The third-order valence-corrected chi connectivity index (χ3v) is 4.22. The fourth-order valence-corrected chi connectivity index (χ4v) is 2.53. The van der Waals surface area contributed by atoms with Gasteiger partial charge < -0.3 is 4.74 Å². The zero-order valence-electron chi connectivity index (χ0n) is 13.4. The van der Waals surface area contributed by atoms with E-state index in [-0.39, 0.29) is 0 Å². The molecule has 0 radical (unpaired) electrons. The van der Waals surface area contributed by atoms with Crippen LogP contribution in [0.2, 0.25) is 5.02 Å². The van der Waals surface area contributed by atoms with Crippen molar-refractivity contribution >= 4 is 23.4 Å². The number of nitrogens with zero attached hydrogens (tertiary/aromatic N) is 3. The maximum absolute atomic E-state index is 5.92. The Balaban J connectivity index is 1.89. The summed E-state index contributed by atoms with van der Waals surface area (Å²) in [6, 6.07) is 15.6. The molecule has 6 heteroatoms. The van der Waals surface area contributed by atoms with E-state index in [2.05, 4.69) is 15.2 Å². The number of thioether (sulfide) groups is 1. The molecule has 0 spiro atoms. The summed E-state index contributed by atoms with van der Waals surface area (Å²) in [5.74, 6) is 0.480. The molecule has 1 heterocycles. The summed E-state index contributed by atoms with van der Waals surface area (Å²) in [6.07, 6.45) is 1.91. The molecule has 3 rings (SSSR count). The van der Waals surface area contributed by atoms with E-state index < -0.39 is 0 Å². The summed E-state index contributed by atoms with van der Waals surface area (Å²) in [7, 11) is 0. The molecule has 0 aliphatic carbocycles. The van der Waals surface area contributed by atoms with Gasteiger partial charge in [0.15, 0.2) is 5.69 Å². The Morgan fingerprint density at radius 3 is 2.38 bits per heavy atom. The normalized spacial score (nSPS) is 10.6. The van der Waals surface area contributed by atoms with Gasteiger partial charge in [0, 0.05) is 10.6 Å². The maximum atomic E-state index is 5.92. The van der Waals surface area contributed by atoms with Crippen LogP contribution >= 0.6 is 23.4 Å². The van der Waals surface area contributed by atoms with Gasteiger partial charge in [-0.05, 0) is 30.9 Å². The second-order valence-corrected chi connectivity index (χ2v) is 6.44. The van der Waals surface area contributed by atoms with Gasteiger partial charge in [-0.25, -0.2) is 0 Å². The molecule has 0 bridgehead atoms. The van der Waals surface area contributed by atoms with Gasteiger partial charge in [0.05, 0.1) is 0 Å². The molecule has 0 fully saturated rings. The molecule has 122 valence electrons. The van der Waals surface area contributed by atoms with E-state index in [1.165, 1.54) is 17.3 Å². The molecule has 0 N–H and O–H groups in total. The SMILES string of the molecule is CSc1nnc(-c2ccc(C)cc2)c(OCc2ccc(Cl)cc2)n1. The topological polar surface area (TPSA) is 47.9 Å². The van der Waals surface area contributed by atoms with Crippen molar-refractivity contribution in [1.29, 1.82) is 0 Å². The molecule has 0 saturated carbocycles. The van der Waals surface area contributed by atoms with Gasteiger partial charge in [-0.15, -0.1) is 10.2 Å². The molecule has 0 amide bonds. The highest BCUT2D eigenvalue weighted by molar-refractivity contribution is 7.98. The molecule has 0 aliphatic heterocycles. The zero-order valence-corrected chi connectivity index (χ0v) is 14.9. The molecule has 3 aromatic rings. The van der Waals surface area contributed by atoms with E-state index in [0.717, 1.165) is 11.1 Å². The fraction of sp³-hybridized carbons (Fsp3) is 0.167. The van der Waals surface area contributed by atoms with Gasteiger partial charge in [-0.2, -0.15) is 4.98 Å². The third kappa shape index (κ3) is 4.04. The van der Waals surface area contributed by atoms with E-state index in [1.54, 1.807) is 0 Å². The Bertz CT molecular complexity index is 823. The van der Waals surface area contributed by atoms with Crippen molar-refractivity contribution in [3.63, 3.8) is 0 Å². The van der Waals surface area contributed by atoms with Gasteiger partial charge in [-0.3, -0.25) is 0 Å². The first-order valence-electron chi connectivity index (χ1n) is 7.38. The number of rotatable bonds is 5. The van der Waals surface area contributed by atoms with Crippen molar-refractivity contribution in [3.8, 4) is 17.1 Å². The second kappa shape index (κ2) is 7.64. The van der Waals surface area contributed by atoms with Gasteiger partial charge in [-0.1, -0.05) is 65.3 Å². The minimum Gasteiger partial charge on any atom is -0.471 e. The van der Waals surface area contributed by atoms with Gasteiger partial charge >= 0.3 is 0 Å². The Labute approximate surface area is 150 Å². The van der Waals surface area contributed by atoms with Crippen LogP contribution in [0.5, 0.6) is 5.88 Å². The number of ether oxygens (including phenoxy) is 1. The minimum absolute atomic E-state index is 0.391. The lowest BCUT2D eigenvalue weighted by Gasteiger charge is -2.10. The lowest BCUT2D eigenvalue weighted by Crippen LogP contribution is -2.03. The van der Waals surface area contributed by atoms with Crippen molar-refractivity contribution in [1.82, 2.24) is 15.2 Å². The zero-order chi connectivity index (χ0) is 16.9. The molecule has 0 saturated heterocycles. The highest BCUT2D eigenvalue weighted by Crippen LogP contribution is 2.28.